The van der Waals surface area contributed by atoms with Crippen molar-refractivity contribution in [3.63, 3.8) is 0 Å². The van der Waals surface area contributed by atoms with Crippen LogP contribution in [-0.4, -0.2) is 31.6 Å². The molecule has 1 saturated carbocycles. The van der Waals surface area contributed by atoms with Gasteiger partial charge < -0.3 is 14.2 Å². The summed E-state index contributed by atoms with van der Waals surface area (Å²) in [5.41, 5.74) is 0.337. The molecule has 1 aliphatic carbocycles. The molecule has 0 aromatic carbocycles. The molecule has 0 amide bonds. The van der Waals surface area contributed by atoms with Crippen molar-refractivity contribution in [1.29, 1.82) is 0 Å². The van der Waals surface area contributed by atoms with Gasteiger partial charge in [0.1, 0.15) is 0 Å². The van der Waals surface area contributed by atoms with Crippen molar-refractivity contribution in [1.82, 2.24) is 0 Å². The maximum absolute atomic E-state index is 11.6. The lowest BCUT2D eigenvalue weighted by atomic mass is 10.2. The highest BCUT2D eigenvalue weighted by atomic mass is 16.7. The van der Waals surface area contributed by atoms with Gasteiger partial charge in [0.05, 0.1) is 24.4 Å². The minimum Gasteiger partial charge on any atom is -0.435 e. The second kappa shape index (κ2) is 8.06. The molecule has 0 aromatic rings. The van der Waals surface area contributed by atoms with Crippen LogP contribution in [-0.2, 0) is 19.0 Å². The third-order valence-corrected chi connectivity index (χ3v) is 2.96. The summed E-state index contributed by atoms with van der Waals surface area (Å²) in [5, 5.41) is 0. The van der Waals surface area contributed by atoms with Gasteiger partial charge in [-0.2, -0.15) is 0 Å². The zero-order valence-electron chi connectivity index (χ0n) is 11.0. The van der Waals surface area contributed by atoms with E-state index in [1.165, 1.54) is 12.8 Å². The van der Waals surface area contributed by atoms with Crippen molar-refractivity contribution < 1.29 is 19.0 Å². The number of esters is 1. The van der Waals surface area contributed by atoms with E-state index in [1.54, 1.807) is 6.08 Å². The zero-order chi connectivity index (χ0) is 13.4. The van der Waals surface area contributed by atoms with Crippen LogP contribution in [0.1, 0.15) is 32.6 Å². The Hall–Kier alpha value is -1.13. The zero-order valence-corrected chi connectivity index (χ0v) is 11.0. The van der Waals surface area contributed by atoms with Crippen molar-refractivity contribution in [3.8, 4) is 0 Å². The highest BCUT2D eigenvalue weighted by Crippen LogP contribution is 2.23. The molecular formula is C14H22O4. The van der Waals surface area contributed by atoms with E-state index in [4.69, 9.17) is 14.2 Å². The van der Waals surface area contributed by atoms with Crippen molar-refractivity contribution in [3.05, 3.63) is 24.8 Å². The largest absolute Gasteiger partial charge is 0.435 e. The molecule has 0 radical (unpaired) electrons. The lowest BCUT2D eigenvalue weighted by Gasteiger charge is -2.19. The van der Waals surface area contributed by atoms with Gasteiger partial charge in [-0.3, -0.25) is 0 Å². The smallest absolute Gasteiger partial charge is 0.338 e. The van der Waals surface area contributed by atoms with Gasteiger partial charge in [0.15, 0.2) is 6.79 Å². The monoisotopic (exact) mass is 254 g/mol. The van der Waals surface area contributed by atoms with Crippen LogP contribution in [0.2, 0.25) is 0 Å². The molecule has 4 nitrogen and oxygen atoms in total. The molecule has 1 unspecified atom stereocenters. The highest BCUT2D eigenvalue weighted by Gasteiger charge is 2.23. The topological polar surface area (TPSA) is 44.8 Å². The Morgan fingerprint density at radius 3 is 2.72 bits per heavy atom. The first-order valence-corrected chi connectivity index (χ1v) is 6.35. The predicted molar refractivity (Wildman–Crippen MR) is 69.1 cm³/mol. The van der Waals surface area contributed by atoms with Gasteiger partial charge in [0.25, 0.3) is 0 Å². The first-order chi connectivity index (χ1) is 8.65. The van der Waals surface area contributed by atoms with E-state index in [1.807, 2.05) is 6.92 Å². The van der Waals surface area contributed by atoms with Crippen molar-refractivity contribution in [2.45, 2.75) is 44.8 Å². The van der Waals surface area contributed by atoms with Crippen LogP contribution in [0.15, 0.2) is 24.8 Å². The SMILES string of the molecule is C=CCOCOC(=O)C(=C)C(C)OC1CCCC1. The Balaban J connectivity index is 2.23. The Kier molecular flexibility index (Phi) is 6.68. The van der Waals surface area contributed by atoms with Crippen LogP contribution in [0.3, 0.4) is 0 Å². The lowest BCUT2D eigenvalue weighted by Crippen LogP contribution is -2.24. The molecule has 0 bridgehead atoms. The third-order valence-electron chi connectivity index (χ3n) is 2.96. The quantitative estimate of drug-likeness (QED) is 0.219. The molecule has 0 saturated heterocycles. The van der Waals surface area contributed by atoms with Crippen LogP contribution >= 0.6 is 0 Å². The van der Waals surface area contributed by atoms with Gasteiger partial charge in [-0.25, -0.2) is 4.79 Å². The maximum Gasteiger partial charge on any atom is 0.338 e. The molecule has 0 N–H and O–H groups in total. The summed E-state index contributed by atoms with van der Waals surface area (Å²) in [6, 6.07) is 0. The molecule has 18 heavy (non-hydrogen) atoms. The summed E-state index contributed by atoms with van der Waals surface area (Å²) in [5.74, 6) is -0.468. The van der Waals surface area contributed by atoms with Crippen LogP contribution in [0.25, 0.3) is 0 Å². The summed E-state index contributed by atoms with van der Waals surface area (Å²) in [4.78, 5) is 11.6. The van der Waals surface area contributed by atoms with Gasteiger partial charge in [0, 0.05) is 0 Å². The number of carbonyl (C=O) groups is 1. The summed E-state index contributed by atoms with van der Waals surface area (Å²) in [7, 11) is 0. The molecule has 0 aliphatic heterocycles. The molecule has 0 aromatic heterocycles. The Morgan fingerprint density at radius 1 is 1.44 bits per heavy atom. The van der Waals surface area contributed by atoms with E-state index < -0.39 is 5.97 Å². The van der Waals surface area contributed by atoms with Crippen molar-refractivity contribution in [2.75, 3.05) is 13.4 Å². The van der Waals surface area contributed by atoms with E-state index in [-0.39, 0.29) is 19.0 Å². The van der Waals surface area contributed by atoms with E-state index in [2.05, 4.69) is 13.2 Å². The average molecular weight is 254 g/mol. The Bertz CT molecular complexity index is 292. The minimum absolute atomic E-state index is 0.0833. The Morgan fingerprint density at radius 2 is 2.11 bits per heavy atom. The standard InChI is InChI=1S/C14H22O4/c1-4-9-16-10-17-14(15)11(2)12(3)18-13-7-5-6-8-13/h4,12-13H,1-2,5-10H2,3H3. The maximum atomic E-state index is 11.6. The van der Waals surface area contributed by atoms with Gasteiger partial charge >= 0.3 is 5.97 Å². The second-order valence-electron chi connectivity index (χ2n) is 4.42. The van der Waals surface area contributed by atoms with E-state index >= 15 is 0 Å². The van der Waals surface area contributed by atoms with Gasteiger partial charge in [-0.15, -0.1) is 6.58 Å². The molecule has 1 atom stereocenters. The first-order valence-electron chi connectivity index (χ1n) is 6.35. The second-order valence-corrected chi connectivity index (χ2v) is 4.42. The first kappa shape index (κ1) is 14.9. The van der Waals surface area contributed by atoms with Crippen LogP contribution < -0.4 is 0 Å². The van der Waals surface area contributed by atoms with Gasteiger partial charge in [-0.1, -0.05) is 25.5 Å². The number of hydrogen-bond donors (Lipinski definition) is 0. The van der Waals surface area contributed by atoms with E-state index in [0.717, 1.165) is 12.8 Å². The third kappa shape index (κ3) is 5.02. The number of hydrogen-bond acceptors (Lipinski definition) is 4. The molecule has 4 heteroatoms. The minimum atomic E-state index is -0.468. The van der Waals surface area contributed by atoms with Crippen LogP contribution in [0, 0.1) is 0 Å². The lowest BCUT2D eigenvalue weighted by molar-refractivity contribution is -0.152. The molecule has 1 rings (SSSR count). The average Bonchev–Trinajstić information content (AvgIpc) is 2.86. The molecule has 0 heterocycles. The van der Waals surface area contributed by atoms with E-state index in [0.29, 0.717) is 12.2 Å². The number of rotatable bonds is 8. The number of ether oxygens (including phenoxy) is 3. The molecule has 1 aliphatic rings. The molecule has 1 fully saturated rings. The number of carbonyl (C=O) groups excluding carboxylic acids is 1. The van der Waals surface area contributed by atoms with Gasteiger partial charge in [-0.05, 0) is 19.8 Å². The van der Waals surface area contributed by atoms with Crippen LogP contribution in [0.4, 0.5) is 0 Å². The summed E-state index contributed by atoms with van der Waals surface area (Å²) >= 11 is 0. The highest BCUT2D eigenvalue weighted by molar-refractivity contribution is 5.88. The summed E-state index contributed by atoms with van der Waals surface area (Å²) in [6.45, 7) is 9.31. The Labute approximate surface area is 109 Å². The fourth-order valence-corrected chi connectivity index (χ4v) is 1.88. The van der Waals surface area contributed by atoms with Gasteiger partial charge in [0.2, 0.25) is 0 Å². The molecule has 0 spiro atoms. The summed E-state index contributed by atoms with van der Waals surface area (Å²) < 4.78 is 15.6. The predicted octanol–water partition coefficient (Wildman–Crippen LogP) is 2.59. The summed E-state index contributed by atoms with van der Waals surface area (Å²) in [6.07, 6.45) is 6.06. The molecule has 102 valence electrons. The fraction of sp³-hybridized carbons (Fsp3) is 0.643. The molecular weight excluding hydrogens is 232 g/mol. The van der Waals surface area contributed by atoms with Crippen molar-refractivity contribution in [2.24, 2.45) is 0 Å². The fourth-order valence-electron chi connectivity index (χ4n) is 1.88. The van der Waals surface area contributed by atoms with E-state index in [9.17, 15) is 4.79 Å². The normalized spacial score (nSPS) is 17.4. The van der Waals surface area contributed by atoms with Crippen molar-refractivity contribution >= 4 is 5.97 Å². The van der Waals surface area contributed by atoms with Crippen LogP contribution in [0.5, 0.6) is 0 Å².